The first-order valence-electron chi connectivity index (χ1n) is 7.97. The number of methoxy groups -OCH3 is 2. The van der Waals surface area contributed by atoms with Crippen molar-refractivity contribution in [1.82, 2.24) is 0 Å². The molecule has 0 aliphatic heterocycles. The van der Waals surface area contributed by atoms with Crippen LogP contribution in [0.1, 0.15) is 0 Å². The molecule has 3 rings (SSSR count). The van der Waals surface area contributed by atoms with Crippen LogP contribution in [0.3, 0.4) is 0 Å². The highest BCUT2D eigenvalue weighted by Gasteiger charge is 2.42. The first-order chi connectivity index (χ1) is 13.0. The second-order valence-corrected chi connectivity index (χ2v) is 7.60. The van der Waals surface area contributed by atoms with Gasteiger partial charge in [0.05, 0.1) is 14.2 Å². The second-order valence-electron chi connectivity index (χ2n) is 5.40. The lowest BCUT2D eigenvalue weighted by atomic mass is 10.3. The van der Waals surface area contributed by atoms with Crippen LogP contribution in [0.15, 0.2) is 73.1 Å². The zero-order valence-electron chi connectivity index (χ0n) is 14.7. The number of hydrogen-bond acceptors (Lipinski definition) is 5. The predicted octanol–water partition coefficient (Wildman–Crippen LogP) is 4.76. The van der Waals surface area contributed by atoms with Gasteiger partial charge >= 0.3 is 7.75 Å². The Kier molecular flexibility index (Phi) is 5.89. The fourth-order valence-corrected chi connectivity index (χ4v) is 3.99. The van der Waals surface area contributed by atoms with E-state index >= 15 is 0 Å². The minimum atomic E-state index is -3.84. The van der Waals surface area contributed by atoms with Gasteiger partial charge in [0.2, 0.25) is 0 Å². The molecule has 0 spiro atoms. The van der Waals surface area contributed by atoms with Gasteiger partial charge in [-0.05, 0) is 54.6 Å². The molecule has 0 N–H and O–H groups in total. The Morgan fingerprint density at radius 3 is 1.63 bits per heavy atom. The number of benzene rings is 2. The molecule has 0 amide bonds. The first-order valence-corrected chi connectivity index (χ1v) is 9.85. The number of aromatic nitrogens is 1. The van der Waals surface area contributed by atoms with Gasteiger partial charge in [0.15, 0.2) is 12.4 Å². The van der Waals surface area contributed by atoms with Gasteiger partial charge in [0.25, 0.3) is 0 Å². The molecule has 3 aromatic rings. The lowest BCUT2D eigenvalue weighted by Gasteiger charge is -2.14. The fraction of sp³-hybridized carbons (Fsp3) is 0.105. The van der Waals surface area contributed by atoms with Crippen molar-refractivity contribution in [3.05, 3.63) is 78.1 Å². The largest absolute Gasteiger partial charge is 0.728 e. The van der Waals surface area contributed by atoms with E-state index in [1.807, 2.05) is 0 Å². The van der Waals surface area contributed by atoms with E-state index in [0.717, 1.165) is 0 Å². The molecule has 0 saturated carbocycles. The SMILES string of the molecule is COc1ccc(OP(=O)(Oc2ccc(OC)cc2)[n+]2cccc(Cl)c2)cc1. The minimum Gasteiger partial charge on any atom is -0.497 e. The van der Waals surface area contributed by atoms with Crippen LogP contribution in [0.2, 0.25) is 5.02 Å². The molecular weight excluding hydrogens is 389 g/mol. The maximum atomic E-state index is 13.6. The van der Waals surface area contributed by atoms with E-state index in [9.17, 15) is 4.57 Å². The van der Waals surface area contributed by atoms with Gasteiger partial charge in [-0.2, -0.15) is 4.57 Å². The summed E-state index contributed by atoms with van der Waals surface area (Å²) in [5, 5.41) is 0.398. The zero-order chi connectivity index (χ0) is 19.3. The molecule has 0 unspecified atom stereocenters. The summed E-state index contributed by atoms with van der Waals surface area (Å²) < 4.78 is 36.7. The molecule has 8 heteroatoms. The van der Waals surface area contributed by atoms with Crippen molar-refractivity contribution in [2.45, 2.75) is 0 Å². The zero-order valence-corrected chi connectivity index (χ0v) is 16.4. The Morgan fingerprint density at radius 2 is 1.22 bits per heavy atom. The summed E-state index contributed by atoms with van der Waals surface area (Å²) in [5.74, 6) is 2.03. The number of hydrogen-bond donors (Lipinski definition) is 0. The van der Waals surface area contributed by atoms with Crippen LogP contribution < -0.4 is 22.9 Å². The molecule has 0 bridgehead atoms. The second kappa shape index (κ2) is 8.33. The average molecular weight is 407 g/mol. The maximum absolute atomic E-state index is 13.6. The van der Waals surface area contributed by atoms with E-state index in [1.54, 1.807) is 81.1 Å². The van der Waals surface area contributed by atoms with Gasteiger partial charge in [-0.15, -0.1) is 0 Å². The van der Waals surface area contributed by atoms with Gasteiger partial charge < -0.3 is 18.5 Å². The van der Waals surface area contributed by atoms with Crippen molar-refractivity contribution >= 4 is 19.3 Å². The molecule has 0 saturated heterocycles. The quantitative estimate of drug-likeness (QED) is 0.529. The highest BCUT2D eigenvalue weighted by molar-refractivity contribution is 7.47. The van der Waals surface area contributed by atoms with Crippen LogP contribution >= 0.6 is 19.3 Å². The molecule has 140 valence electrons. The van der Waals surface area contributed by atoms with Crippen molar-refractivity contribution < 1.29 is 27.4 Å². The summed E-state index contributed by atoms with van der Waals surface area (Å²) in [7, 11) is -0.709. The summed E-state index contributed by atoms with van der Waals surface area (Å²) in [6.07, 6.45) is 3.05. The Labute approximate surface area is 162 Å². The van der Waals surface area contributed by atoms with E-state index < -0.39 is 7.75 Å². The van der Waals surface area contributed by atoms with Crippen LogP contribution in [-0.4, -0.2) is 14.2 Å². The summed E-state index contributed by atoms with van der Waals surface area (Å²) in [5.41, 5.74) is 0. The number of nitrogens with zero attached hydrogens (tertiary/aromatic N) is 1. The molecule has 0 fully saturated rings. The van der Waals surface area contributed by atoms with E-state index in [0.29, 0.717) is 28.0 Å². The summed E-state index contributed by atoms with van der Waals surface area (Å²) in [6.45, 7) is 0. The molecule has 2 aromatic carbocycles. The molecule has 27 heavy (non-hydrogen) atoms. The third-order valence-corrected chi connectivity index (χ3v) is 5.51. The molecule has 0 aliphatic rings. The number of pyridine rings is 1. The van der Waals surface area contributed by atoms with Crippen molar-refractivity contribution in [1.29, 1.82) is 0 Å². The fourth-order valence-electron chi connectivity index (χ4n) is 2.24. The molecule has 0 atom stereocenters. The van der Waals surface area contributed by atoms with Gasteiger partial charge in [0, 0.05) is 6.07 Å². The van der Waals surface area contributed by atoms with Crippen molar-refractivity contribution in [3.8, 4) is 23.0 Å². The van der Waals surface area contributed by atoms with Crippen molar-refractivity contribution in [3.63, 3.8) is 0 Å². The van der Waals surface area contributed by atoms with E-state index in [1.165, 1.54) is 10.5 Å². The lowest BCUT2D eigenvalue weighted by Crippen LogP contribution is -2.35. The van der Waals surface area contributed by atoms with Crippen molar-refractivity contribution in [2.24, 2.45) is 0 Å². The molecule has 0 radical (unpaired) electrons. The lowest BCUT2D eigenvalue weighted by molar-refractivity contribution is -0.536. The molecule has 0 aliphatic carbocycles. The minimum absolute atomic E-state index is 0.361. The van der Waals surface area contributed by atoms with E-state index in [-0.39, 0.29) is 0 Å². The highest BCUT2D eigenvalue weighted by atomic mass is 35.5. The summed E-state index contributed by atoms with van der Waals surface area (Å²) >= 11 is 6.05. The number of halogens is 1. The first kappa shape index (κ1) is 19.1. The molecule has 1 heterocycles. The Bertz CT molecular complexity index is 894. The highest BCUT2D eigenvalue weighted by Crippen LogP contribution is 2.44. The average Bonchev–Trinajstić information content (AvgIpc) is 2.69. The van der Waals surface area contributed by atoms with Crippen LogP contribution in [-0.2, 0) is 4.57 Å². The third-order valence-electron chi connectivity index (χ3n) is 3.59. The third kappa shape index (κ3) is 4.73. The predicted molar refractivity (Wildman–Crippen MR) is 102 cm³/mol. The van der Waals surface area contributed by atoms with Gasteiger partial charge in [0.1, 0.15) is 28.0 Å². The van der Waals surface area contributed by atoms with Crippen LogP contribution in [0.25, 0.3) is 0 Å². The van der Waals surface area contributed by atoms with Gasteiger partial charge in [-0.25, -0.2) is 0 Å². The summed E-state index contributed by atoms with van der Waals surface area (Å²) in [6, 6.07) is 16.7. The van der Waals surface area contributed by atoms with Gasteiger partial charge in [-0.1, -0.05) is 15.9 Å². The van der Waals surface area contributed by atoms with Crippen LogP contribution in [0, 0.1) is 0 Å². The Hall–Kier alpha value is -2.69. The van der Waals surface area contributed by atoms with Crippen molar-refractivity contribution in [2.75, 3.05) is 14.2 Å². The van der Waals surface area contributed by atoms with Crippen LogP contribution in [0.5, 0.6) is 23.0 Å². The number of rotatable bonds is 7. The smallest absolute Gasteiger partial charge is 0.497 e. The van der Waals surface area contributed by atoms with Gasteiger partial charge in [-0.3, -0.25) is 0 Å². The molecule has 1 aromatic heterocycles. The maximum Gasteiger partial charge on any atom is 0.728 e. The van der Waals surface area contributed by atoms with Crippen LogP contribution in [0.4, 0.5) is 0 Å². The topological polar surface area (TPSA) is 57.9 Å². The monoisotopic (exact) mass is 406 g/mol. The Morgan fingerprint density at radius 1 is 0.778 bits per heavy atom. The normalized spacial score (nSPS) is 10.9. The standard InChI is InChI=1S/C19H18ClNO5P/c1-23-16-5-9-18(10-6-16)25-27(22,21-13-3-4-15(20)14-21)26-19-11-7-17(24-2)8-12-19/h3-14H,1-2H3/q+1. The number of ether oxygens (including phenoxy) is 2. The summed E-state index contributed by atoms with van der Waals surface area (Å²) in [4.78, 5) is 0. The molecular formula is C19H18ClNO5P+. The Balaban J connectivity index is 1.95. The van der Waals surface area contributed by atoms with E-state index in [4.69, 9.17) is 30.1 Å². The molecule has 6 nitrogen and oxygen atoms in total. The van der Waals surface area contributed by atoms with E-state index in [2.05, 4.69) is 0 Å².